The van der Waals surface area contributed by atoms with E-state index in [-0.39, 0.29) is 11.9 Å². The molecule has 0 spiro atoms. The minimum absolute atomic E-state index is 0.0655. The molecule has 88 valence electrons. The Labute approximate surface area is 99.7 Å². The number of nitrogens with one attached hydrogen (secondary N) is 1. The number of nitrogens with zero attached hydrogens (tertiary/aromatic N) is 2. The lowest BCUT2D eigenvalue weighted by Crippen LogP contribution is -2.20. The summed E-state index contributed by atoms with van der Waals surface area (Å²) in [5.41, 5.74) is 2.96. The van der Waals surface area contributed by atoms with Gasteiger partial charge in [-0.2, -0.15) is 0 Å². The van der Waals surface area contributed by atoms with Gasteiger partial charge in [-0.15, -0.1) is 0 Å². The monoisotopic (exact) mass is 231 g/mol. The summed E-state index contributed by atoms with van der Waals surface area (Å²) in [4.78, 5) is 8.22. The van der Waals surface area contributed by atoms with Crippen molar-refractivity contribution in [3.05, 3.63) is 59.4 Å². The molecule has 3 nitrogen and oxygen atoms in total. The van der Waals surface area contributed by atoms with Crippen LogP contribution in [0.1, 0.15) is 22.9 Å². The molecular formula is C13H14FN3. The predicted octanol–water partition coefficient (Wildman–Crippen LogP) is 2.23. The summed E-state index contributed by atoms with van der Waals surface area (Å²) in [5.74, 6) is -0.327. The van der Waals surface area contributed by atoms with Crippen LogP contribution in [0.2, 0.25) is 0 Å². The molecule has 17 heavy (non-hydrogen) atoms. The molecule has 0 radical (unpaired) electrons. The first kappa shape index (κ1) is 11.7. The van der Waals surface area contributed by atoms with Crippen molar-refractivity contribution in [3.8, 4) is 0 Å². The van der Waals surface area contributed by atoms with Crippen molar-refractivity contribution in [2.45, 2.75) is 13.0 Å². The molecule has 0 aromatic carbocycles. The van der Waals surface area contributed by atoms with Gasteiger partial charge in [0.1, 0.15) is 5.82 Å². The molecule has 0 fully saturated rings. The van der Waals surface area contributed by atoms with Gasteiger partial charge in [-0.3, -0.25) is 9.97 Å². The van der Waals surface area contributed by atoms with Crippen LogP contribution >= 0.6 is 0 Å². The summed E-state index contributed by atoms with van der Waals surface area (Å²) < 4.78 is 12.8. The maximum absolute atomic E-state index is 12.8. The van der Waals surface area contributed by atoms with Crippen molar-refractivity contribution in [1.82, 2.24) is 15.3 Å². The van der Waals surface area contributed by atoms with Crippen molar-refractivity contribution < 1.29 is 4.39 Å². The third-order valence-electron chi connectivity index (χ3n) is 2.73. The maximum atomic E-state index is 12.8. The number of hydrogen-bond donors (Lipinski definition) is 1. The SMILES string of the molecule is CNC(c1ccc(F)cn1)c1cnccc1C. The summed E-state index contributed by atoms with van der Waals surface area (Å²) in [6.45, 7) is 2.02. The van der Waals surface area contributed by atoms with Crippen molar-refractivity contribution in [2.75, 3.05) is 7.05 Å². The largest absolute Gasteiger partial charge is 0.308 e. The molecule has 1 N–H and O–H groups in total. The number of aromatic nitrogens is 2. The maximum Gasteiger partial charge on any atom is 0.141 e. The van der Waals surface area contributed by atoms with Gasteiger partial charge in [-0.25, -0.2) is 4.39 Å². The van der Waals surface area contributed by atoms with Crippen LogP contribution in [-0.2, 0) is 0 Å². The van der Waals surface area contributed by atoms with Crippen LogP contribution < -0.4 is 5.32 Å². The minimum atomic E-state index is -0.327. The van der Waals surface area contributed by atoms with E-state index in [1.807, 2.05) is 26.2 Å². The molecule has 2 rings (SSSR count). The molecule has 0 aliphatic heterocycles. The van der Waals surface area contributed by atoms with E-state index in [2.05, 4.69) is 15.3 Å². The minimum Gasteiger partial charge on any atom is -0.308 e. The van der Waals surface area contributed by atoms with Gasteiger partial charge in [0.05, 0.1) is 17.9 Å². The molecule has 0 saturated heterocycles. The zero-order valence-electron chi connectivity index (χ0n) is 9.81. The van der Waals surface area contributed by atoms with E-state index < -0.39 is 0 Å². The van der Waals surface area contributed by atoms with E-state index in [4.69, 9.17) is 0 Å². The van der Waals surface area contributed by atoms with Crippen LogP contribution in [0.3, 0.4) is 0 Å². The van der Waals surface area contributed by atoms with E-state index in [0.29, 0.717) is 0 Å². The Hall–Kier alpha value is -1.81. The lowest BCUT2D eigenvalue weighted by Gasteiger charge is -2.17. The molecule has 1 unspecified atom stereocenters. The Morgan fingerprint density at radius 1 is 1.24 bits per heavy atom. The second-order valence-electron chi connectivity index (χ2n) is 3.86. The third kappa shape index (κ3) is 2.47. The van der Waals surface area contributed by atoms with Crippen LogP contribution in [0.15, 0.2) is 36.8 Å². The van der Waals surface area contributed by atoms with E-state index in [1.54, 1.807) is 12.3 Å². The topological polar surface area (TPSA) is 37.8 Å². The number of pyridine rings is 2. The normalized spacial score (nSPS) is 12.4. The summed E-state index contributed by atoms with van der Waals surface area (Å²) in [6.07, 6.45) is 4.79. The zero-order chi connectivity index (χ0) is 12.3. The average molecular weight is 231 g/mol. The van der Waals surface area contributed by atoms with Crippen molar-refractivity contribution in [3.63, 3.8) is 0 Å². The fourth-order valence-electron chi connectivity index (χ4n) is 1.80. The van der Waals surface area contributed by atoms with Gasteiger partial charge < -0.3 is 5.32 Å². The van der Waals surface area contributed by atoms with Gasteiger partial charge in [0.25, 0.3) is 0 Å². The molecule has 2 aromatic rings. The highest BCUT2D eigenvalue weighted by Gasteiger charge is 2.15. The fraction of sp³-hybridized carbons (Fsp3) is 0.231. The lowest BCUT2D eigenvalue weighted by atomic mass is 10.0. The molecule has 0 aliphatic rings. The van der Waals surface area contributed by atoms with Crippen molar-refractivity contribution in [1.29, 1.82) is 0 Å². The molecule has 4 heteroatoms. The number of aryl methyl sites for hydroxylation is 1. The van der Waals surface area contributed by atoms with Gasteiger partial charge >= 0.3 is 0 Å². The van der Waals surface area contributed by atoms with Gasteiger partial charge in [-0.05, 0) is 43.3 Å². The first-order valence-corrected chi connectivity index (χ1v) is 5.41. The van der Waals surface area contributed by atoms with Gasteiger partial charge in [0.2, 0.25) is 0 Å². The molecule has 2 heterocycles. The average Bonchev–Trinajstić information content (AvgIpc) is 2.35. The van der Waals surface area contributed by atoms with Crippen LogP contribution in [0.5, 0.6) is 0 Å². The fourth-order valence-corrected chi connectivity index (χ4v) is 1.80. The summed E-state index contributed by atoms with van der Waals surface area (Å²) in [6, 6.07) is 4.98. The van der Waals surface area contributed by atoms with Gasteiger partial charge in [0.15, 0.2) is 0 Å². The van der Waals surface area contributed by atoms with Crippen LogP contribution in [0, 0.1) is 12.7 Å². The Kier molecular flexibility index (Phi) is 3.44. The molecule has 2 aromatic heterocycles. The second kappa shape index (κ2) is 5.01. The number of rotatable bonds is 3. The van der Waals surface area contributed by atoms with Crippen LogP contribution in [0.25, 0.3) is 0 Å². The Bertz CT molecular complexity index is 496. The second-order valence-corrected chi connectivity index (χ2v) is 3.86. The van der Waals surface area contributed by atoms with Crippen LogP contribution in [-0.4, -0.2) is 17.0 Å². The zero-order valence-corrected chi connectivity index (χ0v) is 9.81. The molecule has 0 amide bonds. The Morgan fingerprint density at radius 3 is 2.65 bits per heavy atom. The van der Waals surface area contributed by atoms with E-state index >= 15 is 0 Å². The van der Waals surface area contributed by atoms with E-state index in [9.17, 15) is 4.39 Å². The molecule has 0 saturated carbocycles. The Balaban J connectivity index is 2.40. The number of halogens is 1. The van der Waals surface area contributed by atoms with Crippen molar-refractivity contribution >= 4 is 0 Å². The van der Waals surface area contributed by atoms with Gasteiger partial charge in [0, 0.05) is 12.4 Å². The summed E-state index contributed by atoms with van der Waals surface area (Å²) >= 11 is 0. The third-order valence-corrected chi connectivity index (χ3v) is 2.73. The molecule has 0 aliphatic carbocycles. The lowest BCUT2D eigenvalue weighted by molar-refractivity contribution is 0.609. The molecule has 1 atom stereocenters. The standard InChI is InChI=1S/C13H14FN3/c1-9-5-6-16-8-11(9)13(15-2)12-4-3-10(14)7-17-12/h3-8,13,15H,1-2H3. The molecular weight excluding hydrogens is 217 g/mol. The number of hydrogen-bond acceptors (Lipinski definition) is 3. The van der Waals surface area contributed by atoms with Gasteiger partial charge in [-0.1, -0.05) is 0 Å². The highest BCUT2D eigenvalue weighted by Crippen LogP contribution is 2.22. The first-order valence-electron chi connectivity index (χ1n) is 5.41. The van der Waals surface area contributed by atoms with E-state index in [0.717, 1.165) is 16.8 Å². The van der Waals surface area contributed by atoms with E-state index in [1.165, 1.54) is 12.3 Å². The highest BCUT2D eigenvalue weighted by molar-refractivity contribution is 5.31. The molecule has 0 bridgehead atoms. The van der Waals surface area contributed by atoms with Crippen molar-refractivity contribution in [2.24, 2.45) is 0 Å². The smallest absolute Gasteiger partial charge is 0.141 e. The summed E-state index contributed by atoms with van der Waals surface area (Å²) in [7, 11) is 1.85. The highest BCUT2D eigenvalue weighted by atomic mass is 19.1. The Morgan fingerprint density at radius 2 is 2.06 bits per heavy atom. The quantitative estimate of drug-likeness (QED) is 0.880. The van der Waals surface area contributed by atoms with Crippen LogP contribution in [0.4, 0.5) is 4.39 Å². The predicted molar refractivity (Wildman–Crippen MR) is 64.1 cm³/mol. The summed E-state index contributed by atoms with van der Waals surface area (Å²) in [5, 5.41) is 3.17. The first-order chi connectivity index (χ1) is 8.22.